The molecule has 0 unspecified atom stereocenters. The van der Waals surface area contributed by atoms with Crippen LogP contribution in [-0.2, 0) is 20.5 Å². The van der Waals surface area contributed by atoms with Gasteiger partial charge in [0.2, 0.25) is 0 Å². The van der Waals surface area contributed by atoms with E-state index < -0.39 is 11.0 Å². The molecule has 130 valence electrons. The van der Waals surface area contributed by atoms with E-state index in [0.717, 1.165) is 11.1 Å². The summed E-state index contributed by atoms with van der Waals surface area (Å²) in [6, 6.07) is 26.7. The Kier molecular flexibility index (Phi) is 3.80. The van der Waals surface area contributed by atoms with Gasteiger partial charge in [0.15, 0.2) is 5.60 Å². The number of phenolic OH excluding ortho intramolecular Hbond substituents is 1. The van der Waals surface area contributed by atoms with E-state index in [0.29, 0.717) is 5.56 Å². The van der Waals surface area contributed by atoms with E-state index in [1.807, 2.05) is 79.7 Å². The molecule has 1 atom stereocenters. The Bertz CT molecular complexity index is 894. The monoisotopic (exact) mass is 344 g/mol. The van der Waals surface area contributed by atoms with Gasteiger partial charge in [0.05, 0.1) is 11.8 Å². The molecule has 1 heterocycles. The number of carbonyl (C=O) groups is 1. The predicted octanol–water partition coefficient (Wildman–Crippen LogP) is 4.54. The van der Waals surface area contributed by atoms with Gasteiger partial charge in [0.1, 0.15) is 5.75 Å². The van der Waals surface area contributed by atoms with Crippen molar-refractivity contribution < 1.29 is 14.6 Å². The summed E-state index contributed by atoms with van der Waals surface area (Å²) in [5.74, 6) is -0.104. The zero-order valence-corrected chi connectivity index (χ0v) is 14.6. The second kappa shape index (κ2) is 6.03. The molecule has 0 spiro atoms. The minimum Gasteiger partial charge on any atom is -0.508 e. The van der Waals surface area contributed by atoms with Crippen molar-refractivity contribution in [1.29, 1.82) is 0 Å². The molecular weight excluding hydrogens is 324 g/mol. The Labute approximate surface area is 152 Å². The van der Waals surface area contributed by atoms with Gasteiger partial charge in [0.25, 0.3) is 0 Å². The number of ether oxygens (including phenoxy) is 1. The molecule has 3 nitrogen and oxygen atoms in total. The molecule has 0 radical (unpaired) electrons. The molecule has 0 saturated carbocycles. The number of esters is 1. The van der Waals surface area contributed by atoms with Gasteiger partial charge < -0.3 is 9.84 Å². The van der Waals surface area contributed by atoms with Crippen LogP contribution in [-0.4, -0.2) is 11.1 Å². The summed E-state index contributed by atoms with van der Waals surface area (Å²) in [7, 11) is 0. The number of hydrogen-bond acceptors (Lipinski definition) is 3. The van der Waals surface area contributed by atoms with Crippen LogP contribution < -0.4 is 0 Å². The van der Waals surface area contributed by atoms with Crippen LogP contribution in [0.25, 0.3) is 0 Å². The topological polar surface area (TPSA) is 46.5 Å². The Morgan fingerprint density at radius 1 is 0.808 bits per heavy atom. The number of para-hydroxylation sites is 1. The molecule has 3 aromatic rings. The summed E-state index contributed by atoms with van der Waals surface area (Å²) < 4.78 is 6.10. The minimum atomic E-state index is -1.01. The second-order valence-corrected chi connectivity index (χ2v) is 6.91. The second-order valence-electron chi connectivity index (χ2n) is 6.91. The Balaban J connectivity index is 2.07. The van der Waals surface area contributed by atoms with E-state index in [2.05, 4.69) is 0 Å². The standard InChI is InChI=1S/C23H20O3/c1-22(19-14-8-9-15-20(19)24)16-21(25)26-23(22,17-10-4-2-5-11-17)18-12-6-3-7-13-18/h2-15,24H,16H2,1H3/t22-/m0/s1. The van der Waals surface area contributed by atoms with Crippen molar-refractivity contribution in [1.82, 2.24) is 0 Å². The molecule has 3 aromatic carbocycles. The van der Waals surface area contributed by atoms with Gasteiger partial charge in [-0.15, -0.1) is 0 Å². The molecule has 1 aliphatic rings. The lowest BCUT2D eigenvalue weighted by Crippen LogP contribution is -2.45. The Morgan fingerprint density at radius 2 is 1.31 bits per heavy atom. The zero-order valence-electron chi connectivity index (χ0n) is 14.6. The van der Waals surface area contributed by atoms with Crippen LogP contribution in [0, 0.1) is 0 Å². The highest BCUT2D eigenvalue weighted by Crippen LogP contribution is 2.57. The first kappa shape index (κ1) is 16.4. The predicted molar refractivity (Wildman–Crippen MR) is 99.8 cm³/mol. The van der Waals surface area contributed by atoms with Gasteiger partial charge in [-0.2, -0.15) is 0 Å². The van der Waals surface area contributed by atoms with E-state index in [1.165, 1.54) is 0 Å². The summed E-state index contributed by atoms with van der Waals surface area (Å²) in [6.07, 6.45) is 0.189. The smallest absolute Gasteiger partial charge is 0.308 e. The highest BCUT2D eigenvalue weighted by atomic mass is 16.6. The lowest BCUT2D eigenvalue weighted by Gasteiger charge is -2.42. The summed E-state index contributed by atoms with van der Waals surface area (Å²) in [5, 5.41) is 10.6. The number of hydrogen-bond donors (Lipinski definition) is 1. The molecule has 0 bridgehead atoms. The fourth-order valence-electron chi connectivity index (χ4n) is 4.23. The largest absolute Gasteiger partial charge is 0.508 e. The summed E-state index contributed by atoms with van der Waals surface area (Å²) in [4.78, 5) is 12.6. The van der Waals surface area contributed by atoms with E-state index in [1.54, 1.807) is 12.1 Å². The molecule has 1 saturated heterocycles. The van der Waals surface area contributed by atoms with Crippen LogP contribution >= 0.6 is 0 Å². The summed E-state index contributed by atoms with van der Waals surface area (Å²) >= 11 is 0. The van der Waals surface area contributed by atoms with Gasteiger partial charge in [-0.05, 0) is 6.07 Å². The van der Waals surface area contributed by atoms with Crippen molar-refractivity contribution in [3.05, 3.63) is 102 Å². The maximum Gasteiger partial charge on any atom is 0.308 e. The van der Waals surface area contributed by atoms with Gasteiger partial charge in [-0.25, -0.2) is 0 Å². The lowest BCUT2D eigenvalue weighted by atomic mass is 9.62. The average Bonchev–Trinajstić information content (AvgIpc) is 2.95. The highest BCUT2D eigenvalue weighted by molar-refractivity contribution is 5.78. The van der Waals surface area contributed by atoms with Crippen molar-refractivity contribution in [3.8, 4) is 5.75 Å². The Hall–Kier alpha value is -3.07. The number of rotatable bonds is 3. The highest BCUT2D eigenvalue weighted by Gasteiger charge is 2.61. The maximum absolute atomic E-state index is 12.6. The molecule has 0 amide bonds. The van der Waals surface area contributed by atoms with E-state index in [9.17, 15) is 9.90 Å². The fourth-order valence-corrected chi connectivity index (χ4v) is 4.23. The molecule has 26 heavy (non-hydrogen) atoms. The molecule has 0 aromatic heterocycles. The molecule has 1 fully saturated rings. The van der Waals surface area contributed by atoms with Gasteiger partial charge in [-0.1, -0.05) is 85.8 Å². The van der Waals surface area contributed by atoms with Crippen LogP contribution in [0.2, 0.25) is 0 Å². The molecular formula is C23H20O3. The molecule has 1 aliphatic heterocycles. The Morgan fingerprint density at radius 3 is 1.85 bits per heavy atom. The quantitative estimate of drug-likeness (QED) is 0.710. The number of phenols is 1. The van der Waals surface area contributed by atoms with Crippen molar-refractivity contribution >= 4 is 5.97 Å². The minimum absolute atomic E-state index is 0.171. The van der Waals surface area contributed by atoms with Crippen molar-refractivity contribution in [3.63, 3.8) is 0 Å². The maximum atomic E-state index is 12.6. The molecule has 0 aliphatic carbocycles. The van der Waals surface area contributed by atoms with Crippen molar-refractivity contribution in [2.45, 2.75) is 24.4 Å². The van der Waals surface area contributed by atoms with E-state index in [-0.39, 0.29) is 18.1 Å². The van der Waals surface area contributed by atoms with Gasteiger partial charge >= 0.3 is 5.97 Å². The number of benzene rings is 3. The van der Waals surface area contributed by atoms with Gasteiger partial charge in [-0.3, -0.25) is 4.79 Å². The first-order valence-corrected chi connectivity index (χ1v) is 8.69. The van der Waals surface area contributed by atoms with Crippen molar-refractivity contribution in [2.75, 3.05) is 0 Å². The third-order valence-electron chi connectivity index (χ3n) is 5.40. The first-order chi connectivity index (χ1) is 12.6. The fraction of sp³-hybridized carbons (Fsp3) is 0.174. The number of cyclic esters (lactones) is 1. The van der Waals surface area contributed by atoms with Crippen LogP contribution in [0.5, 0.6) is 5.75 Å². The van der Waals surface area contributed by atoms with E-state index >= 15 is 0 Å². The van der Waals surface area contributed by atoms with E-state index in [4.69, 9.17) is 4.74 Å². The first-order valence-electron chi connectivity index (χ1n) is 8.69. The molecule has 1 N–H and O–H groups in total. The molecule has 4 rings (SSSR count). The van der Waals surface area contributed by atoms with Crippen LogP contribution in [0.15, 0.2) is 84.9 Å². The number of aromatic hydroxyl groups is 1. The van der Waals surface area contributed by atoms with Gasteiger partial charge in [0, 0.05) is 16.7 Å². The lowest BCUT2D eigenvalue weighted by molar-refractivity contribution is -0.147. The van der Waals surface area contributed by atoms with Crippen LogP contribution in [0.4, 0.5) is 0 Å². The third-order valence-corrected chi connectivity index (χ3v) is 5.40. The summed E-state index contributed by atoms with van der Waals surface area (Å²) in [6.45, 7) is 1.99. The zero-order chi connectivity index (χ0) is 18.2. The van der Waals surface area contributed by atoms with Crippen LogP contribution in [0.1, 0.15) is 30.0 Å². The van der Waals surface area contributed by atoms with Crippen molar-refractivity contribution in [2.24, 2.45) is 0 Å². The molecule has 3 heteroatoms. The SMILES string of the molecule is C[C@@]1(c2ccccc2O)CC(=O)OC1(c1ccccc1)c1ccccc1. The summed E-state index contributed by atoms with van der Waals surface area (Å²) in [5.41, 5.74) is 0.730. The van der Waals surface area contributed by atoms with Crippen LogP contribution in [0.3, 0.4) is 0 Å². The third kappa shape index (κ3) is 2.24. The average molecular weight is 344 g/mol. The normalized spacial score (nSPS) is 21.3. The number of carbonyl (C=O) groups excluding carboxylic acids is 1.